The Morgan fingerprint density at radius 1 is 1.55 bits per heavy atom. The molecule has 0 radical (unpaired) electrons. The Morgan fingerprint density at radius 3 is 2.80 bits per heavy atom. The molecule has 1 aromatic rings. The largest absolute Gasteiger partial charge is 0.367 e. The summed E-state index contributed by atoms with van der Waals surface area (Å²) in [7, 11) is 1.76. The van der Waals surface area contributed by atoms with Crippen LogP contribution >= 0.6 is 11.6 Å². The van der Waals surface area contributed by atoms with Crippen LogP contribution in [0.2, 0.25) is 5.02 Å². The van der Waals surface area contributed by atoms with Crippen molar-refractivity contribution in [1.29, 1.82) is 0 Å². The predicted molar refractivity (Wildman–Crippen MR) is 84.6 cm³/mol. The summed E-state index contributed by atoms with van der Waals surface area (Å²) in [5.74, 6) is -0.0429. The molecule has 1 aromatic carbocycles. The number of nitrogens with zero attached hydrogens (tertiary/aromatic N) is 1. The smallest absolute Gasteiger partial charge is 0.246 e. The second-order valence-electron chi connectivity index (χ2n) is 5.07. The Bertz CT molecular complexity index is 556. The molecule has 108 valence electrons. The van der Waals surface area contributed by atoms with Gasteiger partial charge >= 0.3 is 0 Å². The standard InChI is InChI=1S/C15H20ClN3O/c1-5-19(8-9(2)3)13-7-12-10(6-11(13)16)14(17-4)15(20)18-12/h6-7,14,17H,2,5,8H2,1,3-4H3,(H,18,20). The summed E-state index contributed by atoms with van der Waals surface area (Å²) in [4.78, 5) is 14.0. The fourth-order valence-corrected chi connectivity index (χ4v) is 2.78. The highest BCUT2D eigenvalue weighted by molar-refractivity contribution is 6.33. The van der Waals surface area contributed by atoms with Crippen LogP contribution in [-0.4, -0.2) is 26.0 Å². The number of hydrogen-bond donors (Lipinski definition) is 2. The predicted octanol–water partition coefficient (Wildman–Crippen LogP) is 2.96. The van der Waals surface area contributed by atoms with Gasteiger partial charge in [0.1, 0.15) is 6.04 Å². The topological polar surface area (TPSA) is 44.4 Å². The maximum absolute atomic E-state index is 11.9. The molecule has 20 heavy (non-hydrogen) atoms. The third-order valence-corrected chi connectivity index (χ3v) is 3.72. The lowest BCUT2D eigenvalue weighted by Crippen LogP contribution is -2.25. The number of benzene rings is 1. The molecule has 4 nitrogen and oxygen atoms in total. The van der Waals surface area contributed by atoms with E-state index in [1.807, 2.05) is 19.1 Å². The van der Waals surface area contributed by atoms with Crippen molar-refractivity contribution in [3.05, 3.63) is 34.9 Å². The molecule has 0 saturated heterocycles. The van der Waals surface area contributed by atoms with Crippen LogP contribution in [0.3, 0.4) is 0 Å². The molecule has 1 atom stereocenters. The molecule has 1 aliphatic rings. The summed E-state index contributed by atoms with van der Waals surface area (Å²) < 4.78 is 0. The van der Waals surface area contributed by atoms with E-state index in [9.17, 15) is 4.79 Å². The van der Waals surface area contributed by atoms with Crippen LogP contribution in [0.25, 0.3) is 0 Å². The molecule has 0 spiro atoms. The van der Waals surface area contributed by atoms with Gasteiger partial charge in [-0.25, -0.2) is 0 Å². The monoisotopic (exact) mass is 293 g/mol. The number of hydrogen-bond acceptors (Lipinski definition) is 3. The van der Waals surface area contributed by atoms with Gasteiger partial charge in [0.05, 0.1) is 10.7 Å². The molecule has 1 amide bonds. The first-order valence-corrected chi connectivity index (χ1v) is 7.06. The Labute approximate surface area is 124 Å². The minimum Gasteiger partial charge on any atom is -0.367 e. The van der Waals surface area contributed by atoms with Gasteiger partial charge in [0.25, 0.3) is 0 Å². The molecular weight excluding hydrogens is 274 g/mol. The molecule has 0 aliphatic carbocycles. The molecule has 2 N–H and O–H groups in total. The molecule has 1 heterocycles. The second-order valence-corrected chi connectivity index (χ2v) is 5.48. The van der Waals surface area contributed by atoms with Crippen molar-refractivity contribution >= 4 is 28.9 Å². The second kappa shape index (κ2) is 5.85. The van der Waals surface area contributed by atoms with E-state index in [1.165, 1.54) is 0 Å². The maximum atomic E-state index is 11.9. The van der Waals surface area contributed by atoms with E-state index in [-0.39, 0.29) is 11.9 Å². The first-order valence-electron chi connectivity index (χ1n) is 6.68. The van der Waals surface area contributed by atoms with Crippen molar-refractivity contribution in [3.63, 3.8) is 0 Å². The summed E-state index contributed by atoms with van der Waals surface area (Å²) in [6.07, 6.45) is 0. The molecule has 0 fully saturated rings. The zero-order valence-corrected chi connectivity index (χ0v) is 12.8. The van der Waals surface area contributed by atoms with Gasteiger partial charge in [0.15, 0.2) is 0 Å². The minimum atomic E-state index is -0.326. The number of amides is 1. The van der Waals surface area contributed by atoms with E-state index < -0.39 is 0 Å². The molecular formula is C15H20ClN3O. The third-order valence-electron chi connectivity index (χ3n) is 3.42. The van der Waals surface area contributed by atoms with Gasteiger partial charge in [0.2, 0.25) is 5.91 Å². The molecule has 1 unspecified atom stereocenters. The SMILES string of the molecule is C=C(C)CN(CC)c1cc2c(cc1Cl)C(NC)C(=O)N2. The van der Waals surface area contributed by atoms with Crippen molar-refractivity contribution in [2.75, 3.05) is 30.4 Å². The van der Waals surface area contributed by atoms with Gasteiger partial charge in [-0.1, -0.05) is 23.8 Å². The lowest BCUT2D eigenvalue weighted by atomic mass is 10.1. The summed E-state index contributed by atoms with van der Waals surface area (Å²) in [5, 5.41) is 6.54. The number of anilines is 2. The van der Waals surface area contributed by atoms with Crippen molar-refractivity contribution in [2.45, 2.75) is 19.9 Å². The van der Waals surface area contributed by atoms with E-state index in [4.69, 9.17) is 11.6 Å². The van der Waals surface area contributed by atoms with Gasteiger partial charge in [-0.2, -0.15) is 0 Å². The highest BCUT2D eigenvalue weighted by Gasteiger charge is 2.30. The van der Waals surface area contributed by atoms with Gasteiger partial charge < -0.3 is 15.5 Å². The number of nitrogens with one attached hydrogen (secondary N) is 2. The van der Waals surface area contributed by atoms with Crippen LogP contribution < -0.4 is 15.5 Å². The van der Waals surface area contributed by atoms with Crippen LogP contribution in [0.4, 0.5) is 11.4 Å². The molecule has 0 saturated carbocycles. The van der Waals surface area contributed by atoms with E-state index in [2.05, 4.69) is 29.0 Å². The summed E-state index contributed by atoms with van der Waals surface area (Å²) in [6, 6.07) is 3.49. The van der Waals surface area contributed by atoms with Crippen molar-refractivity contribution in [1.82, 2.24) is 5.32 Å². The van der Waals surface area contributed by atoms with Crippen LogP contribution in [0.1, 0.15) is 25.5 Å². The summed E-state index contributed by atoms with van der Waals surface area (Å²) in [6.45, 7) is 9.58. The van der Waals surface area contributed by atoms with Gasteiger partial charge in [-0.3, -0.25) is 4.79 Å². The lowest BCUT2D eigenvalue weighted by molar-refractivity contribution is -0.117. The first-order chi connectivity index (χ1) is 9.47. The molecule has 1 aliphatic heterocycles. The quantitative estimate of drug-likeness (QED) is 0.821. The van der Waals surface area contributed by atoms with E-state index in [1.54, 1.807) is 7.05 Å². The number of halogens is 1. The van der Waals surface area contributed by atoms with Crippen molar-refractivity contribution in [2.24, 2.45) is 0 Å². The average molecular weight is 294 g/mol. The Morgan fingerprint density at radius 2 is 2.25 bits per heavy atom. The van der Waals surface area contributed by atoms with Crippen LogP contribution in [0.5, 0.6) is 0 Å². The number of fused-ring (bicyclic) bond motifs is 1. The molecule has 0 bridgehead atoms. The molecule has 2 rings (SSSR count). The molecule has 0 aromatic heterocycles. The van der Waals surface area contributed by atoms with Crippen LogP contribution in [0.15, 0.2) is 24.3 Å². The number of rotatable bonds is 5. The normalized spacial score (nSPS) is 16.8. The molecule has 5 heteroatoms. The maximum Gasteiger partial charge on any atom is 0.246 e. The fourth-order valence-electron chi connectivity index (χ4n) is 2.49. The lowest BCUT2D eigenvalue weighted by Gasteiger charge is -2.25. The first kappa shape index (κ1) is 14.9. The van der Waals surface area contributed by atoms with Crippen molar-refractivity contribution in [3.8, 4) is 0 Å². The van der Waals surface area contributed by atoms with E-state index in [0.717, 1.165) is 35.6 Å². The summed E-state index contributed by atoms with van der Waals surface area (Å²) in [5.41, 5.74) is 3.72. The highest BCUT2D eigenvalue weighted by atomic mass is 35.5. The number of carbonyl (C=O) groups excluding carboxylic acids is 1. The Kier molecular flexibility index (Phi) is 4.35. The van der Waals surface area contributed by atoms with Crippen molar-refractivity contribution < 1.29 is 4.79 Å². The third kappa shape index (κ3) is 2.67. The van der Waals surface area contributed by atoms with E-state index >= 15 is 0 Å². The zero-order valence-electron chi connectivity index (χ0n) is 12.1. The summed E-state index contributed by atoms with van der Waals surface area (Å²) >= 11 is 6.40. The Balaban J connectivity index is 2.41. The highest BCUT2D eigenvalue weighted by Crippen LogP contribution is 2.38. The van der Waals surface area contributed by atoms with Crippen LogP contribution in [-0.2, 0) is 4.79 Å². The van der Waals surface area contributed by atoms with Gasteiger partial charge in [0, 0.05) is 24.3 Å². The fraction of sp³-hybridized carbons (Fsp3) is 0.400. The van der Waals surface area contributed by atoms with Crippen LogP contribution in [0, 0.1) is 0 Å². The van der Waals surface area contributed by atoms with Gasteiger partial charge in [-0.05, 0) is 33.0 Å². The minimum absolute atomic E-state index is 0.0429. The Hall–Kier alpha value is -1.52. The van der Waals surface area contributed by atoms with E-state index in [0.29, 0.717) is 5.02 Å². The number of likely N-dealkylation sites (N-methyl/N-ethyl adjacent to an activating group) is 2. The van der Waals surface area contributed by atoms with Gasteiger partial charge in [-0.15, -0.1) is 0 Å². The zero-order chi connectivity index (χ0) is 14.9. The average Bonchev–Trinajstić information content (AvgIpc) is 2.69. The number of carbonyl (C=O) groups is 1.